The van der Waals surface area contributed by atoms with Crippen LogP contribution in [0.1, 0.15) is 71.1 Å². The van der Waals surface area contributed by atoms with Crippen molar-refractivity contribution >= 4 is 0 Å². The fourth-order valence-corrected chi connectivity index (χ4v) is 7.38. The summed E-state index contributed by atoms with van der Waals surface area (Å²) in [5, 5.41) is 80.3. The van der Waals surface area contributed by atoms with Crippen molar-refractivity contribution in [3.8, 4) is 0 Å². The summed E-state index contributed by atoms with van der Waals surface area (Å²) in [5.74, 6) is 0. The van der Waals surface area contributed by atoms with E-state index in [0.717, 1.165) is 13.0 Å². The van der Waals surface area contributed by atoms with Gasteiger partial charge in [0, 0.05) is 0 Å². The molecule has 0 radical (unpaired) electrons. The van der Waals surface area contributed by atoms with Gasteiger partial charge in [0.05, 0.1) is 161 Å². The SMILES string of the molecule is CCCCCCCCCCCC[N+](C)(C)CC(O)COCC(O)COC(CO)COCC(COCC(O)COCC(O)CO)OC(COCC(O)C[N+](C)(C)C)COCC1COCC(CO)O1.[Cl-].[Cl-]. The molecule has 10 atom stereocenters. The second-order valence-electron chi connectivity index (χ2n) is 19.8. The molecule has 0 saturated carbocycles. The third-order valence-corrected chi connectivity index (χ3v) is 10.8. The number of likely N-dealkylation sites (N-methyl/N-ethyl adjacent to an activating group) is 2. The zero-order valence-electron chi connectivity index (χ0n) is 43.0. The highest BCUT2D eigenvalue weighted by Gasteiger charge is 2.26. The molecule has 0 spiro atoms. The Morgan fingerprint density at radius 1 is 0.478 bits per heavy atom. The number of nitrogens with zero attached hydrogens (tertiary/aromatic N) is 2. The quantitative estimate of drug-likeness (QED) is 0.0209. The van der Waals surface area contributed by atoms with Gasteiger partial charge in [0.25, 0.3) is 0 Å². The molecule has 0 aromatic carbocycles. The van der Waals surface area contributed by atoms with Gasteiger partial charge in [0.1, 0.15) is 74.1 Å². The Bertz CT molecular complexity index is 1130. The molecule has 1 aliphatic heterocycles. The van der Waals surface area contributed by atoms with Crippen LogP contribution in [0.15, 0.2) is 0 Å². The fraction of sp³-hybridized carbons (Fsp3) is 1.00. The second kappa shape index (κ2) is 44.1. The minimum atomic E-state index is -1.07. The molecule has 22 heteroatoms. The zero-order chi connectivity index (χ0) is 49.8. The summed E-state index contributed by atoms with van der Waals surface area (Å²) in [6.45, 7) is 3.25. The van der Waals surface area contributed by atoms with Crippen molar-refractivity contribution in [2.45, 2.75) is 132 Å². The van der Waals surface area contributed by atoms with Crippen LogP contribution in [0.25, 0.3) is 0 Å². The smallest absolute Gasteiger partial charge is 0.126 e. The van der Waals surface area contributed by atoms with Crippen LogP contribution < -0.4 is 24.8 Å². The molecule has 1 heterocycles. The number of ether oxygens (including phenoxy) is 10. The monoisotopic (exact) mass is 1050 g/mol. The van der Waals surface area contributed by atoms with Crippen LogP contribution in [0.5, 0.6) is 0 Å². The third-order valence-electron chi connectivity index (χ3n) is 10.8. The average Bonchev–Trinajstić information content (AvgIpc) is 3.27. The van der Waals surface area contributed by atoms with Gasteiger partial charge >= 0.3 is 0 Å². The molecule has 0 aliphatic carbocycles. The van der Waals surface area contributed by atoms with E-state index in [2.05, 4.69) is 21.0 Å². The summed E-state index contributed by atoms with van der Waals surface area (Å²) < 4.78 is 59.1. The molecular weight excluding hydrogens is 951 g/mol. The first-order chi connectivity index (χ1) is 32.0. The number of aliphatic hydroxyl groups is 8. The molecule has 20 nitrogen and oxygen atoms in total. The van der Waals surface area contributed by atoms with Crippen molar-refractivity contribution in [3.63, 3.8) is 0 Å². The summed E-state index contributed by atoms with van der Waals surface area (Å²) in [7, 11) is 10.1. The second-order valence-corrected chi connectivity index (χ2v) is 19.8. The van der Waals surface area contributed by atoms with E-state index in [1.54, 1.807) is 0 Å². The summed E-state index contributed by atoms with van der Waals surface area (Å²) in [4.78, 5) is 0. The lowest BCUT2D eigenvalue weighted by Crippen LogP contribution is -3.00. The van der Waals surface area contributed by atoms with Crippen molar-refractivity contribution in [2.75, 3.05) is 174 Å². The molecule has 1 rings (SSSR count). The Kier molecular flexibility index (Phi) is 45.3. The molecule has 69 heavy (non-hydrogen) atoms. The van der Waals surface area contributed by atoms with Crippen molar-refractivity contribution in [1.29, 1.82) is 0 Å². The van der Waals surface area contributed by atoms with Crippen LogP contribution in [0.3, 0.4) is 0 Å². The van der Waals surface area contributed by atoms with E-state index in [1.165, 1.54) is 57.8 Å². The van der Waals surface area contributed by atoms with E-state index in [1.807, 2.05) is 21.1 Å². The maximum atomic E-state index is 10.7. The molecule has 1 saturated heterocycles. The summed E-state index contributed by atoms with van der Waals surface area (Å²) in [6.07, 6.45) is 5.13. The van der Waals surface area contributed by atoms with Gasteiger partial charge in [-0.2, -0.15) is 0 Å². The van der Waals surface area contributed by atoms with Gasteiger partial charge < -0.3 is 122 Å². The number of quaternary nitrogens is 2. The lowest BCUT2D eigenvalue weighted by molar-refractivity contribution is -0.893. The van der Waals surface area contributed by atoms with Gasteiger partial charge in [0.2, 0.25) is 0 Å². The number of unbranched alkanes of at least 4 members (excludes halogenated alkanes) is 9. The summed E-state index contributed by atoms with van der Waals surface area (Å²) in [6, 6.07) is 0. The van der Waals surface area contributed by atoms with Gasteiger partial charge in [-0.05, 0) is 12.8 Å². The van der Waals surface area contributed by atoms with Crippen LogP contribution in [-0.4, -0.2) is 285 Å². The van der Waals surface area contributed by atoms with Crippen molar-refractivity contribution in [3.05, 3.63) is 0 Å². The van der Waals surface area contributed by atoms with Crippen LogP contribution >= 0.6 is 0 Å². The first-order valence-electron chi connectivity index (χ1n) is 24.8. The molecule has 0 bridgehead atoms. The van der Waals surface area contributed by atoms with Gasteiger partial charge in [-0.1, -0.05) is 58.3 Å². The number of hydrogen-bond acceptors (Lipinski definition) is 18. The Labute approximate surface area is 426 Å². The number of hydrogen-bond donors (Lipinski definition) is 8. The minimum absolute atomic E-state index is 0. The maximum absolute atomic E-state index is 10.7. The highest BCUT2D eigenvalue weighted by atomic mass is 35.5. The van der Waals surface area contributed by atoms with Crippen molar-refractivity contribution < 1.29 is 122 Å². The molecule has 8 N–H and O–H groups in total. The molecule has 0 aromatic heterocycles. The van der Waals surface area contributed by atoms with Crippen LogP contribution in [-0.2, 0) is 47.4 Å². The summed E-state index contributed by atoms with van der Waals surface area (Å²) >= 11 is 0. The first-order valence-corrected chi connectivity index (χ1v) is 24.8. The highest BCUT2D eigenvalue weighted by molar-refractivity contribution is 4.70. The number of halogens is 2. The fourth-order valence-electron chi connectivity index (χ4n) is 7.38. The predicted octanol–water partition coefficient (Wildman–Crippen LogP) is -6.50. The maximum Gasteiger partial charge on any atom is 0.126 e. The van der Waals surface area contributed by atoms with E-state index in [-0.39, 0.29) is 124 Å². The van der Waals surface area contributed by atoms with E-state index in [4.69, 9.17) is 52.5 Å². The first kappa shape index (κ1) is 70.9. The predicted molar refractivity (Wildman–Crippen MR) is 251 cm³/mol. The van der Waals surface area contributed by atoms with E-state index >= 15 is 0 Å². The number of rotatable bonds is 47. The standard InChI is InChI=1S/C47H98N2O18.2ClH/c1-7-8-9-10-11-12-13-14-15-16-17-49(5,6)19-39(54)24-58-28-42(57)29-65-43(21-51)30-62-36-47(33-61-27-41(56)26-59-25-40(55)20-50)67-46(32-60-23-38(53)18-48(2,3)4)37-64-35-45-34-63-31-44(22-52)66-45;;/h38-47,50-57H,7-37H2,1-6H3;2*1H/q+2;;/p-2. The minimum Gasteiger partial charge on any atom is -1.00 e. The molecule has 0 amide bonds. The molecule has 418 valence electrons. The van der Waals surface area contributed by atoms with Gasteiger partial charge in [-0.3, -0.25) is 0 Å². The largest absolute Gasteiger partial charge is 1.00 e. The molecule has 10 unspecified atom stereocenters. The Hall–Kier alpha value is -0.220. The van der Waals surface area contributed by atoms with Crippen LogP contribution in [0.2, 0.25) is 0 Å². The Morgan fingerprint density at radius 3 is 1.43 bits per heavy atom. The normalized spacial score (nSPS) is 19.2. The lowest BCUT2D eigenvalue weighted by Gasteiger charge is -2.32. The van der Waals surface area contributed by atoms with Crippen LogP contribution in [0, 0.1) is 0 Å². The highest BCUT2D eigenvalue weighted by Crippen LogP contribution is 2.14. The average molecular weight is 1050 g/mol. The van der Waals surface area contributed by atoms with E-state index in [0.29, 0.717) is 28.7 Å². The molecular formula is C47H98Cl2N2O18. The lowest BCUT2D eigenvalue weighted by atomic mass is 10.1. The molecule has 0 aromatic rings. The molecule has 1 fully saturated rings. The summed E-state index contributed by atoms with van der Waals surface area (Å²) in [5.41, 5.74) is 0. The van der Waals surface area contributed by atoms with E-state index < -0.39 is 74.3 Å². The van der Waals surface area contributed by atoms with E-state index in [9.17, 15) is 35.7 Å². The van der Waals surface area contributed by atoms with Gasteiger partial charge in [0.15, 0.2) is 0 Å². The van der Waals surface area contributed by atoms with Crippen molar-refractivity contribution in [2.24, 2.45) is 0 Å². The van der Waals surface area contributed by atoms with Gasteiger partial charge in [-0.25, -0.2) is 0 Å². The zero-order valence-corrected chi connectivity index (χ0v) is 44.5. The Morgan fingerprint density at radius 2 is 0.913 bits per heavy atom. The Balaban J connectivity index is 0. The third kappa shape index (κ3) is 41.8. The van der Waals surface area contributed by atoms with Crippen LogP contribution in [0.4, 0.5) is 0 Å². The van der Waals surface area contributed by atoms with Crippen molar-refractivity contribution in [1.82, 2.24) is 0 Å². The van der Waals surface area contributed by atoms with Gasteiger partial charge in [-0.15, -0.1) is 0 Å². The molecule has 1 aliphatic rings. The topological polar surface area (TPSA) is 254 Å². The number of aliphatic hydroxyl groups excluding tert-OH is 8.